The molecule has 13 heavy (non-hydrogen) atoms. The number of hydrogen-bond acceptors (Lipinski definition) is 2. The normalized spacial score (nSPS) is 11.0. The molecule has 1 aromatic heterocycles. The number of hydrogen-bond donors (Lipinski definition) is 1. The third-order valence-electron chi connectivity index (χ3n) is 1.48. The van der Waals surface area contributed by atoms with Crippen molar-refractivity contribution in [3.8, 4) is 0 Å². The molecule has 0 saturated carbocycles. The Morgan fingerprint density at radius 3 is 2.46 bits per heavy atom. The summed E-state index contributed by atoms with van der Waals surface area (Å²) >= 11 is 0. The molecule has 0 aliphatic rings. The van der Waals surface area contributed by atoms with Crippen molar-refractivity contribution in [3.05, 3.63) is 29.6 Å². The Kier molecular flexibility index (Phi) is 8.32. The molecule has 2 nitrogen and oxygen atoms in total. The predicted octanol–water partition coefficient (Wildman–Crippen LogP) is 2.12. The summed E-state index contributed by atoms with van der Waals surface area (Å²) in [5, 5.41) is 0. The van der Waals surface area contributed by atoms with E-state index in [1.165, 1.54) is 0 Å². The lowest BCUT2D eigenvalue weighted by Gasteiger charge is -2.03. The second kappa shape index (κ2) is 7.13. The lowest BCUT2D eigenvalue weighted by Crippen LogP contribution is -2.18. The number of nitrogens with two attached hydrogens (primary N) is 1. The minimum absolute atomic E-state index is 0. The molecule has 1 unspecified atom stereocenters. The zero-order chi connectivity index (χ0) is 8.27. The third-order valence-corrected chi connectivity index (χ3v) is 1.48. The molecule has 0 bridgehead atoms. The van der Waals surface area contributed by atoms with Gasteiger partial charge in [0.05, 0.1) is 0 Å². The number of pyridine rings is 1. The number of rotatable bonds is 2. The molecule has 1 rings (SSSR count). The van der Waals surface area contributed by atoms with Gasteiger partial charge in [0.15, 0.2) is 0 Å². The van der Waals surface area contributed by atoms with E-state index in [4.69, 9.17) is 5.73 Å². The second-order valence-corrected chi connectivity index (χ2v) is 2.95. The minimum Gasteiger partial charge on any atom is -0.328 e. The first-order valence-corrected chi connectivity index (χ1v) is 3.86. The molecule has 0 fully saturated rings. The topological polar surface area (TPSA) is 38.9 Å². The van der Waals surface area contributed by atoms with Gasteiger partial charge in [0, 0.05) is 23.9 Å². The first-order valence-electron chi connectivity index (χ1n) is 3.86. The van der Waals surface area contributed by atoms with Crippen molar-refractivity contribution in [1.29, 1.82) is 0 Å². The van der Waals surface area contributed by atoms with E-state index in [0.717, 1.165) is 17.8 Å². The number of aromatic nitrogens is 1. The summed E-state index contributed by atoms with van der Waals surface area (Å²) in [6, 6.07) is 6.21. The van der Waals surface area contributed by atoms with Crippen LogP contribution in [0.5, 0.6) is 0 Å². The summed E-state index contributed by atoms with van der Waals surface area (Å²) in [6.07, 6.45) is 0.863. The van der Waals surface area contributed by atoms with E-state index in [-0.39, 0.29) is 30.9 Å². The SMILES string of the molecule is Cc1cccc(CC(C)N)n1.Cl.Cl. The van der Waals surface area contributed by atoms with Crippen LogP contribution < -0.4 is 5.73 Å². The van der Waals surface area contributed by atoms with E-state index in [1.807, 2.05) is 32.0 Å². The Morgan fingerprint density at radius 1 is 1.38 bits per heavy atom. The molecule has 1 heterocycles. The summed E-state index contributed by atoms with van der Waals surface area (Å²) in [5.74, 6) is 0. The van der Waals surface area contributed by atoms with E-state index < -0.39 is 0 Å². The first-order chi connectivity index (χ1) is 5.18. The van der Waals surface area contributed by atoms with Crippen LogP contribution in [0.3, 0.4) is 0 Å². The molecule has 0 aliphatic carbocycles. The lowest BCUT2D eigenvalue weighted by molar-refractivity contribution is 0.720. The van der Waals surface area contributed by atoms with E-state index in [1.54, 1.807) is 0 Å². The fourth-order valence-electron chi connectivity index (χ4n) is 1.04. The van der Waals surface area contributed by atoms with Crippen molar-refractivity contribution in [2.24, 2.45) is 5.73 Å². The minimum atomic E-state index is 0. The zero-order valence-electron chi connectivity index (χ0n) is 7.86. The monoisotopic (exact) mass is 222 g/mol. The van der Waals surface area contributed by atoms with Crippen LogP contribution in [0.25, 0.3) is 0 Å². The second-order valence-electron chi connectivity index (χ2n) is 2.95. The molecule has 0 aromatic carbocycles. The molecule has 1 aromatic rings. The molecule has 0 radical (unpaired) electrons. The van der Waals surface area contributed by atoms with Crippen LogP contribution in [0.2, 0.25) is 0 Å². The molecule has 2 N–H and O–H groups in total. The van der Waals surface area contributed by atoms with Crippen molar-refractivity contribution in [2.75, 3.05) is 0 Å². The molecule has 76 valence electrons. The summed E-state index contributed by atoms with van der Waals surface area (Å²) in [4.78, 5) is 4.33. The Bertz CT molecular complexity index is 239. The standard InChI is InChI=1S/C9H14N2.2ClH/c1-7(10)6-9-5-3-4-8(2)11-9;;/h3-5,7H,6,10H2,1-2H3;2*1H. The van der Waals surface area contributed by atoms with Gasteiger partial charge in [-0.1, -0.05) is 6.07 Å². The quantitative estimate of drug-likeness (QED) is 0.834. The third kappa shape index (κ3) is 5.86. The van der Waals surface area contributed by atoms with Gasteiger partial charge in [0.2, 0.25) is 0 Å². The van der Waals surface area contributed by atoms with Crippen molar-refractivity contribution in [2.45, 2.75) is 26.3 Å². The van der Waals surface area contributed by atoms with Gasteiger partial charge in [-0.05, 0) is 26.0 Å². The van der Waals surface area contributed by atoms with Gasteiger partial charge in [0.1, 0.15) is 0 Å². The highest BCUT2D eigenvalue weighted by Crippen LogP contribution is 2.00. The van der Waals surface area contributed by atoms with Crippen LogP contribution in [0.15, 0.2) is 18.2 Å². The number of halogens is 2. The van der Waals surface area contributed by atoms with Crippen LogP contribution in [0.1, 0.15) is 18.3 Å². The highest BCUT2D eigenvalue weighted by atomic mass is 35.5. The zero-order valence-corrected chi connectivity index (χ0v) is 9.49. The number of aryl methyl sites for hydroxylation is 1. The molecule has 0 saturated heterocycles. The van der Waals surface area contributed by atoms with E-state index in [9.17, 15) is 0 Å². The predicted molar refractivity (Wildman–Crippen MR) is 60.8 cm³/mol. The van der Waals surface area contributed by atoms with Gasteiger partial charge >= 0.3 is 0 Å². The van der Waals surface area contributed by atoms with Gasteiger partial charge in [0.25, 0.3) is 0 Å². The van der Waals surface area contributed by atoms with E-state index >= 15 is 0 Å². The highest BCUT2D eigenvalue weighted by Gasteiger charge is 1.97. The average Bonchev–Trinajstić information content (AvgIpc) is 1.85. The summed E-state index contributed by atoms with van der Waals surface area (Å²) in [5.41, 5.74) is 7.78. The van der Waals surface area contributed by atoms with Gasteiger partial charge in [-0.3, -0.25) is 4.98 Å². The maximum absolute atomic E-state index is 5.63. The molecule has 0 spiro atoms. The smallest absolute Gasteiger partial charge is 0.0422 e. The van der Waals surface area contributed by atoms with E-state index in [2.05, 4.69) is 4.98 Å². The van der Waals surface area contributed by atoms with Crippen molar-refractivity contribution in [3.63, 3.8) is 0 Å². The maximum atomic E-state index is 5.63. The molecule has 0 amide bonds. The largest absolute Gasteiger partial charge is 0.328 e. The fourth-order valence-corrected chi connectivity index (χ4v) is 1.04. The van der Waals surface area contributed by atoms with Crippen LogP contribution in [0, 0.1) is 6.92 Å². The van der Waals surface area contributed by atoms with Crippen LogP contribution in [0.4, 0.5) is 0 Å². The Hall–Kier alpha value is -0.310. The lowest BCUT2D eigenvalue weighted by atomic mass is 10.2. The molecular weight excluding hydrogens is 207 g/mol. The van der Waals surface area contributed by atoms with Gasteiger partial charge in [-0.15, -0.1) is 24.8 Å². The Labute approximate surface area is 91.8 Å². The highest BCUT2D eigenvalue weighted by molar-refractivity contribution is 5.85. The Morgan fingerprint density at radius 2 is 2.00 bits per heavy atom. The van der Waals surface area contributed by atoms with Gasteiger partial charge in [-0.2, -0.15) is 0 Å². The summed E-state index contributed by atoms with van der Waals surface area (Å²) in [7, 11) is 0. The van der Waals surface area contributed by atoms with Crippen molar-refractivity contribution in [1.82, 2.24) is 4.98 Å². The molecular formula is C9H16Cl2N2. The summed E-state index contributed by atoms with van der Waals surface area (Å²) < 4.78 is 0. The number of nitrogens with zero attached hydrogens (tertiary/aromatic N) is 1. The van der Waals surface area contributed by atoms with Gasteiger partial charge < -0.3 is 5.73 Å². The maximum Gasteiger partial charge on any atom is 0.0422 e. The summed E-state index contributed by atoms with van der Waals surface area (Å²) in [6.45, 7) is 3.98. The van der Waals surface area contributed by atoms with Crippen LogP contribution in [-0.2, 0) is 6.42 Å². The fraction of sp³-hybridized carbons (Fsp3) is 0.444. The van der Waals surface area contributed by atoms with Gasteiger partial charge in [-0.25, -0.2) is 0 Å². The van der Waals surface area contributed by atoms with Crippen molar-refractivity contribution < 1.29 is 0 Å². The van der Waals surface area contributed by atoms with Crippen LogP contribution >= 0.6 is 24.8 Å². The van der Waals surface area contributed by atoms with E-state index in [0.29, 0.717) is 0 Å². The Balaban J connectivity index is 0. The first kappa shape index (κ1) is 15.2. The molecule has 0 aliphatic heterocycles. The average molecular weight is 223 g/mol. The van der Waals surface area contributed by atoms with Crippen molar-refractivity contribution >= 4 is 24.8 Å². The molecule has 1 atom stereocenters. The molecule has 4 heteroatoms. The van der Waals surface area contributed by atoms with Crippen LogP contribution in [-0.4, -0.2) is 11.0 Å².